The van der Waals surface area contributed by atoms with Gasteiger partial charge in [-0.05, 0) is 91.6 Å². The van der Waals surface area contributed by atoms with Crippen LogP contribution in [0, 0.1) is 40.4 Å². The first-order chi connectivity index (χ1) is 15.3. The highest BCUT2D eigenvalue weighted by atomic mass is 16.2. The van der Waals surface area contributed by atoms with Gasteiger partial charge in [0.15, 0.2) is 0 Å². The molecule has 0 bridgehead atoms. The number of hydrogen-bond donors (Lipinski definition) is 1. The summed E-state index contributed by atoms with van der Waals surface area (Å²) < 4.78 is 0. The molecule has 2 heterocycles. The maximum Gasteiger partial charge on any atom is 0.227 e. The van der Waals surface area contributed by atoms with Gasteiger partial charge in [-0.25, -0.2) is 0 Å². The number of piperidine rings is 1. The van der Waals surface area contributed by atoms with Crippen molar-refractivity contribution in [2.45, 2.75) is 78.2 Å². The second-order valence-corrected chi connectivity index (χ2v) is 11.7. The summed E-state index contributed by atoms with van der Waals surface area (Å²) in [6, 6.07) is 4.14. The van der Waals surface area contributed by atoms with E-state index in [4.69, 9.17) is 0 Å². The van der Waals surface area contributed by atoms with Gasteiger partial charge in [-0.15, -0.1) is 0 Å². The summed E-state index contributed by atoms with van der Waals surface area (Å²) in [6.45, 7) is 7.12. The van der Waals surface area contributed by atoms with E-state index in [9.17, 15) is 9.59 Å². The van der Waals surface area contributed by atoms with Crippen molar-refractivity contribution in [3.8, 4) is 0 Å². The number of nitrogens with zero attached hydrogens (tertiary/aromatic N) is 2. The zero-order chi connectivity index (χ0) is 22.7. The lowest BCUT2D eigenvalue weighted by atomic mass is 9.46. The molecular weight excluding hydrogens is 398 g/mol. The number of anilines is 1. The van der Waals surface area contributed by atoms with Crippen LogP contribution in [0.3, 0.4) is 0 Å². The highest BCUT2D eigenvalue weighted by Gasteiger charge is 2.61. The summed E-state index contributed by atoms with van der Waals surface area (Å²) >= 11 is 0. The van der Waals surface area contributed by atoms with Crippen LogP contribution in [-0.2, 0) is 9.59 Å². The van der Waals surface area contributed by atoms with Crippen LogP contribution in [-0.4, -0.2) is 34.8 Å². The Kier molecular flexibility index (Phi) is 5.37. The van der Waals surface area contributed by atoms with Gasteiger partial charge >= 0.3 is 0 Å². The van der Waals surface area contributed by atoms with E-state index in [-0.39, 0.29) is 22.7 Å². The molecule has 1 N–H and O–H groups in total. The molecule has 8 atom stereocenters. The minimum atomic E-state index is 0.0140. The largest absolute Gasteiger partial charge is 0.342 e. The molecule has 1 aliphatic heterocycles. The van der Waals surface area contributed by atoms with E-state index in [0.29, 0.717) is 30.2 Å². The molecule has 174 valence electrons. The van der Waals surface area contributed by atoms with Crippen LogP contribution in [0.2, 0.25) is 0 Å². The number of nitrogens with one attached hydrogen (secondary N) is 1. The van der Waals surface area contributed by atoms with Crippen molar-refractivity contribution >= 4 is 17.5 Å². The molecule has 2 amide bonds. The van der Waals surface area contributed by atoms with Crippen LogP contribution in [0.4, 0.5) is 5.69 Å². The average molecular weight is 438 g/mol. The molecule has 1 aromatic rings. The van der Waals surface area contributed by atoms with Crippen molar-refractivity contribution in [3.63, 3.8) is 0 Å². The number of pyridine rings is 1. The minimum Gasteiger partial charge on any atom is -0.342 e. The molecule has 1 unspecified atom stereocenters. The van der Waals surface area contributed by atoms with E-state index in [1.807, 2.05) is 19.2 Å². The minimum absolute atomic E-state index is 0.0140. The molecule has 0 spiro atoms. The summed E-state index contributed by atoms with van der Waals surface area (Å²) in [5.41, 5.74) is 1.34. The van der Waals surface area contributed by atoms with Crippen LogP contribution < -0.4 is 5.32 Å². The number of fused-ring (bicyclic) bond motifs is 5. The molecule has 4 fully saturated rings. The zero-order valence-electron chi connectivity index (χ0n) is 20.1. The predicted molar refractivity (Wildman–Crippen MR) is 126 cm³/mol. The van der Waals surface area contributed by atoms with Crippen LogP contribution in [0.1, 0.15) is 72.1 Å². The quantitative estimate of drug-likeness (QED) is 0.712. The third kappa shape index (κ3) is 3.21. The van der Waals surface area contributed by atoms with Gasteiger partial charge in [-0.1, -0.05) is 20.8 Å². The molecule has 0 radical (unpaired) electrons. The molecule has 1 aromatic heterocycles. The summed E-state index contributed by atoms with van der Waals surface area (Å²) in [5.74, 6) is 3.11. The van der Waals surface area contributed by atoms with E-state index in [2.05, 4.69) is 36.0 Å². The first kappa shape index (κ1) is 21.9. The molecule has 32 heavy (non-hydrogen) atoms. The number of carbonyl (C=O) groups excluding carboxylic acids is 2. The molecule has 5 nitrogen and oxygen atoms in total. The van der Waals surface area contributed by atoms with Crippen molar-refractivity contribution in [1.82, 2.24) is 9.88 Å². The number of rotatable bonds is 3. The maximum atomic E-state index is 13.1. The number of carbonyl (C=O) groups is 2. The number of likely N-dealkylation sites (tertiary alicyclic amines) is 1. The fraction of sp³-hybridized carbons (Fsp3) is 0.741. The third-order valence-corrected chi connectivity index (χ3v) is 10.6. The number of hydrogen-bond acceptors (Lipinski definition) is 3. The van der Waals surface area contributed by atoms with Crippen LogP contribution >= 0.6 is 0 Å². The molecule has 5 heteroatoms. The molecular formula is C27H39N3O2. The zero-order valence-corrected chi connectivity index (χ0v) is 20.1. The second-order valence-electron chi connectivity index (χ2n) is 11.7. The number of amides is 2. The van der Waals surface area contributed by atoms with E-state index in [1.54, 1.807) is 12.4 Å². The van der Waals surface area contributed by atoms with Crippen LogP contribution in [0.15, 0.2) is 24.5 Å². The first-order valence-electron chi connectivity index (χ1n) is 12.7. The van der Waals surface area contributed by atoms with Crippen LogP contribution in [0.25, 0.3) is 0 Å². The summed E-state index contributed by atoms with van der Waals surface area (Å²) in [4.78, 5) is 31.6. The number of aromatic nitrogens is 1. The Morgan fingerprint density at radius 3 is 2.53 bits per heavy atom. The van der Waals surface area contributed by atoms with Crippen LogP contribution in [0.5, 0.6) is 0 Å². The summed E-state index contributed by atoms with van der Waals surface area (Å²) in [7, 11) is 2.03. The lowest BCUT2D eigenvalue weighted by Gasteiger charge is -2.62. The van der Waals surface area contributed by atoms with Gasteiger partial charge in [0, 0.05) is 43.5 Å². The van der Waals surface area contributed by atoms with E-state index in [1.165, 1.54) is 25.7 Å². The molecule has 3 saturated carbocycles. The Labute approximate surface area is 192 Å². The molecule has 1 saturated heterocycles. The Hall–Kier alpha value is -1.91. The van der Waals surface area contributed by atoms with Crippen molar-refractivity contribution in [1.29, 1.82) is 0 Å². The van der Waals surface area contributed by atoms with Gasteiger partial charge in [0.25, 0.3) is 0 Å². The highest BCUT2D eigenvalue weighted by molar-refractivity contribution is 5.92. The van der Waals surface area contributed by atoms with Gasteiger partial charge in [0.1, 0.15) is 0 Å². The monoisotopic (exact) mass is 437 g/mol. The fourth-order valence-corrected chi connectivity index (χ4v) is 8.89. The Morgan fingerprint density at radius 2 is 1.78 bits per heavy atom. The third-order valence-electron chi connectivity index (χ3n) is 10.6. The van der Waals surface area contributed by atoms with E-state index >= 15 is 0 Å². The van der Waals surface area contributed by atoms with Gasteiger partial charge in [0.2, 0.25) is 11.8 Å². The summed E-state index contributed by atoms with van der Waals surface area (Å²) in [6.07, 6.45) is 12.5. The maximum absolute atomic E-state index is 13.1. The fourth-order valence-electron chi connectivity index (χ4n) is 8.89. The Bertz CT molecular complexity index is 888. The van der Waals surface area contributed by atoms with Gasteiger partial charge in [-0.2, -0.15) is 0 Å². The van der Waals surface area contributed by atoms with E-state index < -0.39 is 0 Å². The smallest absolute Gasteiger partial charge is 0.227 e. The average Bonchev–Trinajstić information content (AvgIpc) is 3.14. The van der Waals surface area contributed by atoms with Gasteiger partial charge < -0.3 is 10.2 Å². The Balaban J connectivity index is 1.34. The second kappa shape index (κ2) is 7.85. The van der Waals surface area contributed by atoms with E-state index in [0.717, 1.165) is 36.8 Å². The highest BCUT2D eigenvalue weighted by Crippen LogP contribution is 2.67. The first-order valence-corrected chi connectivity index (χ1v) is 12.7. The lowest BCUT2D eigenvalue weighted by molar-refractivity contribution is -0.159. The van der Waals surface area contributed by atoms with Crippen molar-refractivity contribution in [2.24, 2.45) is 40.4 Å². The van der Waals surface area contributed by atoms with Gasteiger partial charge in [0.05, 0.1) is 0 Å². The van der Waals surface area contributed by atoms with Gasteiger partial charge in [-0.3, -0.25) is 14.6 Å². The van der Waals surface area contributed by atoms with Crippen molar-refractivity contribution in [2.75, 3.05) is 12.4 Å². The summed E-state index contributed by atoms with van der Waals surface area (Å²) in [5, 5.41) is 3.12. The lowest BCUT2D eigenvalue weighted by Crippen LogP contribution is -2.61. The SMILES string of the molecule is CC(C(=O)Nc1ccncc1)[C@H]1CC[C@H]2[C@@H]3CC[C@H]4N(C)C(=O)CC[C@]4(C)[C@H]3CC[C@]12C. The molecule has 4 aliphatic rings. The molecule has 0 aromatic carbocycles. The normalized spacial score (nSPS) is 41.9. The standard InChI is InChI=1S/C27H39N3O2/c1-17(25(32)29-18-11-15-28-16-12-18)20-6-7-21-19-5-8-23-27(3,14-10-24(31)30(23)4)22(19)9-13-26(20,21)2/h11-12,15-17,19-23H,5-10,13-14H2,1-4H3,(H,28,29,32)/t17?,19-,20+,21-,22-,23+,26+,27+/m0/s1. The molecule has 5 rings (SSSR count). The predicted octanol–water partition coefficient (Wildman–Crippen LogP) is 5.14. The van der Waals surface area contributed by atoms with Crippen molar-refractivity contribution in [3.05, 3.63) is 24.5 Å². The Morgan fingerprint density at radius 1 is 1.06 bits per heavy atom. The molecule has 3 aliphatic carbocycles. The van der Waals surface area contributed by atoms with Crippen molar-refractivity contribution < 1.29 is 9.59 Å². The topological polar surface area (TPSA) is 62.3 Å².